The Morgan fingerprint density at radius 2 is 1.83 bits per heavy atom. The van der Waals surface area contributed by atoms with Gasteiger partial charge in [0.2, 0.25) is 5.91 Å². The van der Waals surface area contributed by atoms with Crippen molar-refractivity contribution in [2.24, 2.45) is 0 Å². The van der Waals surface area contributed by atoms with E-state index in [1.807, 2.05) is 19.1 Å². The van der Waals surface area contributed by atoms with Gasteiger partial charge in [-0.3, -0.25) is 14.9 Å². The van der Waals surface area contributed by atoms with E-state index in [-0.39, 0.29) is 11.6 Å². The molecule has 2 aromatic rings. The molecule has 29 heavy (non-hydrogen) atoms. The molecule has 1 amide bonds. The zero-order valence-electron chi connectivity index (χ0n) is 16.8. The highest BCUT2D eigenvalue weighted by Gasteiger charge is 2.16. The van der Waals surface area contributed by atoms with Crippen LogP contribution in [0.5, 0.6) is 0 Å². The minimum Gasteiger partial charge on any atom is -0.369 e. The number of hydrogen-bond donors (Lipinski definition) is 1. The number of benzene rings is 2. The summed E-state index contributed by atoms with van der Waals surface area (Å²) in [6.07, 6.45) is 3.06. The van der Waals surface area contributed by atoms with Crippen molar-refractivity contribution >= 4 is 29.0 Å². The number of likely N-dealkylation sites (N-methyl/N-ethyl adjacent to an activating group) is 1. The molecule has 0 spiro atoms. The van der Waals surface area contributed by atoms with E-state index in [4.69, 9.17) is 0 Å². The predicted octanol–water partition coefficient (Wildman–Crippen LogP) is 3.70. The van der Waals surface area contributed by atoms with Gasteiger partial charge < -0.3 is 15.1 Å². The number of carbonyl (C=O) groups excluding carboxylic acids is 1. The highest BCUT2D eigenvalue weighted by Crippen LogP contribution is 2.24. The molecule has 1 heterocycles. The Morgan fingerprint density at radius 3 is 2.41 bits per heavy atom. The van der Waals surface area contributed by atoms with Gasteiger partial charge in [0, 0.05) is 55.8 Å². The number of rotatable bonds is 6. The number of nitrogens with zero attached hydrogens (tertiary/aromatic N) is 3. The van der Waals surface area contributed by atoms with Crippen LogP contribution in [0.25, 0.3) is 6.08 Å². The van der Waals surface area contributed by atoms with Crippen molar-refractivity contribution in [2.45, 2.75) is 13.8 Å². The normalized spacial score (nSPS) is 14.9. The first kappa shape index (κ1) is 20.5. The first-order chi connectivity index (χ1) is 14.0. The highest BCUT2D eigenvalue weighted by atomic mass is 16.6. The fraction of sp³-hybridized carbons (Fsp3) is 0.318. The molecule has 1 aliphatic rings. The topological polar surface area (TPSA) is 78.7 Å². The maximum Gasteiger partial charge on any atom is 0.269 e. The second-order valence-corrected chi connectivity index (χ2v) is 7.09. The third-order valence-electron chi connectivity index (χ3n) is 5.18. The smallest absolute Gasteiger partial charge is 0.269 e. The number of hydrogen-bond acceptors (Lipinski definition) is 5. The molecule has 1 saturated heterocycles. The lowest BCUT2D eigenvalue weighted by Crippen LogP contribution is -2.46. The molecule has 0 saturated carbocycles. The molecule has 1 N–H and O–H groups in total. The third kappa shape index (κ3) is 5.42. The van der Waals surface area contributed by atoms with Crippen LogP contribution in [0, 0.1) is 17.0 Å². The minimum atomic E-state index is -0.448. The van der Waals surface area contributed by atoms with Crippen LogP contribution in [-0.4, -0.2) is 48.5 Å². The number of nitro benzene ring substituents is 1. The molecule has 0 radical (unpaired) electrons. The monoisotopic (exact) mass is 394 g/mol. The maximum atomic E-state index is 12.2. The van der Waals surface area contributed by atoms with Gasteiger partial charge in [-0.1, -0.05) is 6.92 Å². The number of amides is 1. The van der Waals surface area contributed by atoms with Gasteiger partial charge in [0.05, 0.1) is 4.92 Å². The van der Waals surface area contributed by atoms with Gasteiger partial charge in [0.25, 0.3) is 5.69 Å². The largest absolute Gasteiger partial charge is 0.369 e. The Hall–Kier alpha value is -3.19. The van der Waals surface area contributed by atoms with E-state index in [2.05, 4.69) is 28.1 Å². The van der Waals surface area contributed by atoms with Crippen molar-refractivity contribution in [2.75, 3.05) is 42.9 Å². The molecule has 152 valence electrons. The van der Waals surface area contributed by atoms with Gasteiger partial charge in [-0.25, -0.2) is 0 Å². The lowest BCUT2D eigenvalue weighted by molar-refractivity contribution is -0.384. The summed E-state index contributed by atoms with van der Waals surface area (Å²) in [6.45, 7) is 9.43. The summed E-state index contributed by atoms with van der Waals surface area (Å²) in [7, 11) is 0. The molecule has 0 atom stereocenters. The summed E-state index contributed by atoms with van der Waals surface area (Å²) in [5.41, 5.74) is 3.72. The van der Waals surface area contributed by atoms with Gasteiger partial charge in [-0.2, -0.15) is 0 Å². The van der Waals surface area contributed by atoms with Crippen LogP contribution in [0.2, 0.25) is 0 Å². The van der Waals surface area contributed by atoms with Crippen LogP contribution in [0.15, 0.2) is 48.5 Å². The number of nitro groups is 1. The molecular weight excluding hydrogens is 368 g/mol. The lowest BCUT2D eigenvalue weighted by Gasteiger charge is -2.35. The minimum absolute atomic E-state index is 0.0263. The van der Waals surface area contributed by atoms with E-state index in [1.54, 1.807) is 18.2 Å². The Bertz CT molecular complexity index is 901. The summed E-state index contributed by atoms with van der Waals surface area (Å²) < 4.78 is 0. The molecular formula is C22H26N4O3. The summed E-state index contributed by atoms with van der Waals surface area (Å²) in [6, 6.07) is 12.2. The van der Waals surface area contributed by atoms with Crippen LogP contribution in [0.3, 0.4) is 0 Å². The fourth-order valence-corrected chi connectivity index (χ4v) is 3.36. The molecule has 0 aliphatic carbocycles. The fourth-order valence-electron chi connectivity index (χ4n) is 3.36. The second kappa shape index (κ2) is 9.34. The number of anilines is 2. The predicted molar refractivity (Wildman–Crippen MR) is 116 cm³/mol. The van der Waals surface area contributed by atoms with Gasteiger partial charge >= 0.3 is 0 Å². The van der Waals surface area contributed by atoms with Crippen LogP contribution in [0.1, 0.15) is 18.1 Å². The molecule has 1 aliphatic heterocycles. The van der Waals surface area contributed by atoms with Crippen LogP contribution in [0.4, 0.5) is 17.1 Å². The number of non-ortho nitro benzene ring substituents is 1. The molecule has 1 fully saturated rings. The number of piperazine rings is 1. The number of carbonyl (C=O) groups is 1. The van der Waals surface area contributed by atoms with Crippen molar-refractivity contribution in [3.63, 3.8) is 0 Å². The molecule has 2 aromatic carbocycles. The van der Waals surface area contributed by atoms with E-state index in [9.17, 15) is 14.9 Å². The Kier molecular flexibility index (Phi) is 6.61. The Balaban J connectivity index is 1.59. The summed E-state index contributed by atoms with van der Waals surface area (Å²) in [5.74, 6) is -0.240. The van der Waals surface area contributed by atoms with Crippen LogP contribution < -0.4 is 10.2 Å². The summed E-state index contributed by atoms with van der Waals surface area (Å²) in [4.78, 5) is 27.3. The lowest BCUT2D eigenvalue weighted by atomic mass is 10.1. The van der Waals surface area contributed by atoms with Crippen molar-refractivity contribution in [3.8, 4) is 0 Å². The summed E-state index contributed by atoms with van der Waals surface area (Å²) in [5, 5.41) is 13.6. The maximum absolute atomic E-state index is 12.2. The molecule has 0 aromatic heterocycles. The van der Waals surface area contributed by atoms with Crippen molar-refractivity contribution in [3.05, 3.63) is 69.8 Å². The van der Waals surface area contributed by atoms with Gasteiger partial charge in [0.15, 0.2) is 0 Å². The first-order valence-electron chi connectivity index (χ1n) is 9.77. The number of aryl methyl sites for hydroxylation is 1. The van der Waals surface area contributed by atoms with Crippen molar-refractivity contribution < 1.29 is 9.72 Å². The van der Waals surface area contributed by atoms with E-state index in [0.717, 1.165) is 49.5 Å². The third-order valence-corrected chi connectivity index (χ3v) is 5.18. The average Bonchev–Trinajstić information content (AvgIpc) is 2.74. The van der Waals surface area contributed by atoms with Crippen molar-refractivity contribution in [1.82, 2.24) is 4.90 Å². The standard InChI is InChI=1S/C22H26N4O3/c1-3-24-12-14-25(15-13-24)20-9-10-21(17(2)16-20)23-22(27)11-6-18-4-7-19(8-5-18)26(28)29/h4-11,16H,3,12-15H2,1-2H3,(H,23,27)/b11-6+. The van der Waals surface area contributed by atoms with Gasteiger partial charge in [0.1, 0.15) is 0 Å². The van der Waals surface area contributed by atoms with E-state index < -0.39 is 4.92 Å². The Labute approximate surface area is 170 Å². The molecule has 3 rings (SSSR count). The van der Waals surface area contributed by atoms with E-state index >= 15 is 0 Å². The molecule has 7 nitrogen and oxygen atoms in total. The first-order valence-corrected chi connectivity index (χ1v) is 9.77. The Morgan fingerprint density at radius 1 is 1.14 bits per heavy atom. The van der Waals surface area contributed by atoms with Gasteiger partial charge in [-0.05, 0) is 61.0 Å². The molecule has 0 unspecified atom stereocenters. The van der Waals surface area contributed by atoms with Crippen LogP contribution >= 0.6 is 0 Å². The SMILES string of the molecule is CCN1CCN(c2ccc(NC(=O)/C=C/c3ccc([N+](=O)[O-])cc3)c(C)c2)CC1. The zero-order chi connectivity index (χ0) is 20.8. The molecule has 0 bridgehead atoms. The highest BCUT2D eigenvalue weighted by molar-refractivity contribution is 6.02. The van der Waals surface area contributed by atoms with E-state index in [0.29, 0.717) is 0 Å². The number of nitrogens with one attached hydrogen (secondary N) is 1. The average molecular weight is 394 g/mol. The summed E-state index contributed by atoms with van der Waals surface area (Å²) >= 11 is 0. The molecule has 7 heteroatoms. The second-order valence-electron chi connectivity index (χ2n) is 7.09. The van der Waals surface area contributed by atoms with Crippen LogP contribution in [-0.2, 0) is 4.79 Å². The zero-order valence-corrected chi connectivity index (χ0v) is 16.8. The van der Waals surface area contributed by atoms with Gasteiger partial charge in [-0.15, -0.1) is 0 Å². The van der Waals surface area contributed by atoms with Crippen molar-refractivity contribution in [1.29, 1.82) is 0 Å². The quantitative estimate of drug-likeness (QED) is 0.459. The van der Waals surface area contributed by atoms with E-state index in [1.165, 1.54) is 23.9 Å².